The largest absolute Gasteiger partial charge is 0.390 e. The second-order valence-electron chi connectivity index (χ2n) is 11.0. The van der Waals surface area contributed by atoms with Crippen LogP contribution in [0.3, 0.4) is 0 Å². The van der Waals surface area contributed by atoms with Gasteiger partial charge in [0, 0.05) is 68.2 Å². The lowest BCUT2D eigenvalue weighted by Gasteiger charge is -2.36. The number of anilines is 1. The quantitative estimate of drug-likeness (QED) is 0.393. The minimum atomic E-state index is -0.876. The van der Waals surface area contributed by atoms with Crippen molar-refractivity contribution in [3.05, 3.63) is 65.7 Å². The number of nitrogens with zero attached hydrogens (tertiary/aromatic N) is 7. The van der Waals surface area contributed by atoms with Crippen LogP contribution in [0.15, 0.2) is 42.9 Å². The van der Waals surface area contributed by atoms with Crippen molar-refractivity contribution >= 4 is 16.9 Å². The average molecular weight is 520 g/mol. The van der Waals surface area contributed by atoms with Gasteiger partial charge in [0.1, 0.15) is 22.8 Å². The van der Waals surface area contributed by atoms with E-state index in [9.17, 15) is 13.9 Å². The van der Waals surface area contributed by atoms with Crippen molar-refractivity contribution in [3.63, 3.8) is 0 Å². The van der Waals surface area contributed by atoms with Crippen molar-refractivity contribution in [2.24, 2.45) is 0 Å². The molecule has 2 fully saturated rings. The van der Waals surface area contributed by atoms with Crippen LogP contribution < -0.4 is 4.90 Å². The topological polar surface area (TPSA) is 83.2 Å². The Balaban J connectivity index is 1.29. The third kappa shape index (κ3) is 5.37. The van der Waals surface area contributed by atoms with E-state index in [4.69, 9.17) is 9.97 Å². The minimum Gasteiger partial charge on any atom is -0.390 e. The van der Waals surface area contributed by atoms with Gasteiger partial charge in [-0.25, -0.2) is 18.7 Å². The Labute approximate surface area is 220 Å². The van der Waals surface area contributed by atoms with Gasteiger partial charge >= 0.3 is 0 Å². The van der Waals surface area contributed by atoms with Crippen LogP contribution in [0.5, 0.6) is 0 Å². The van der Waals surface area contributed by atoms with Crippen LogP contribution in [0.4, 0.5) is 14.6 Å². The highest BCUT2D eigenvalue weighted by atomic mass is 19.1. The van der Waals surface area contributed by atoms with Crippen LogP contribution in [-0.2, 0) is 13.0 Å². The Morgan fingerprint density at radius 2 is 1.79 bits per heavy atom. The number of aromatic nitrogens is 5. The lowest BCUT2D eigenvalue weighted by Crippen LogP contribution is -2.46. The molecule has 4 heterocycles. The van der Waals surface area contributed by atoms with Crippen molar-refractivity contribution in [2.75, 3.05) is 31.1 Å². The number of hydrogen-bond acceptors (Lipinski definition) is 7. The smallest absolute Gasteiger partial charge is 0.156 e. The molecule has 2 aliphatic rings. The zero-order chi connectivity index (χ0) is 26.4. The molecule has 0 bridgehead atoms. The zero-order valence-electron chi connectivity index (χ0n) is 21.6. The molecule has 198 valence electrons. The molecular formula is C28H31F2N7O. The van der Waals surface area contributed by atoms with Gasteiger partial charge in [-0.1, -0.05) is 6.07 Å². The maximum absolute atomic E-state index is 14.2. The first kappa shape index (κ1) is 24.8. The number of piperazine rings is 1. The first-order chi connectivity index (χ1) is 18.2. The van der Waals surface area contributed by atoms with Gasteiger partial charge in [-0.3, -0.25) is 14.6 Å². The third-order valence-corrected chi connectivity index (χ3v) is 7.08. The Morgan fingerprint density at radius 3 is 2.50 bits per heavy atom. The van der Waals surface area contributed by atoms with E-state index in [1.54, 1.807) is 20.0 Å². The van der Waals surface area contributed by atoms with Gasteiger partial charge in [0.05, 0.1) is 29.6 Å². The third-order valence-electron chi connectivity index (χ3n) is 7.08. The van der Waals surface area contributed by atoms with Gasteiger partial charge in [0.2, 0.25) is 0 Å². The van der Waals surface area contributed by atoms with Crippen molar-refractivity contribution < 1.29 is 13.9 Å². The maximum Gasteiger partial charge on any atom is 0.156 e. The molecule has 6 rings (SSSR count). The molecule has 1 saturated carbocycles. The monoisotopic (exact) mass is 519 g/mol. The van der Waals surface area contributed by atoms with Crippen molar-refractivity contribution in [2.45, 2.75) is 51.3 Å². The van der Waals surface area contributed by atoms with E-state index in [1.165, 1.54) is 12.1 Å². The molecule has 1 aliphatic carbocycles. The van der Waals surface area contributed by atoms with Gasteiger partial charge in [-0.05, 0) is 38.8 Å². The molecular weight excluding hydrogens is 488 g/mol. The van der Waals surface area contributed by atoms with Crippen molar-refractivity contribution in [1.82, 2.24) is 29.6 Å². The summed E-state index contributed by atoms with van der Waals surface area (Å²) in [4.78, 5) is 18.9. The summed E-state index contributed by atoms with van der Waals surface area (Å²) in [6.07, 6.45) is 8.31. The number of rotatable bonds is 7. The Morgan fingerprint density at radius 1 is 1.00 bits per heavy atom. The number of pyridine rings is 1. The number of benzene rings is 1. The molecule has 10 heteroatoms. The summed E-state index contributed by atoms with van der Waals surface area (Å²) in [7, 11) is 0. The van der Waals surface area contributed by atoms with Gasteiger partial charge < -0.3 is 10.0 Å². The van der Waals surface area contributed by atoms with E-state index in [2.05, 4.69) is 19.9 Å². The summed E-state index contributed by atoms with van der Waals surface area (Å²) in [6.45, 7) is 6.75. The van der Waals surface area contributed by atoms with Crippen LogP contribution in [0, 0.1) is 11.6 Å². The minimum absolute atomic E-state index is 0.415. The van der Waals surface area contributed by atoms with Gasteiger partial charge in [-0.15, -0.1) is 0 Å². The molecule has 1 aliphatic heterocycles. The fourth-order valence-corrected chi connectivity index (χ4v) is 4.95. The highest BCUT2D eigenvalue weighted by Gasteiger charge is 2.27. The molecule has 0 radical (unpaired) electrons. The Bertz CT molecular complexity index is 1470. The van der Waals surface area contributed by atoms with Crippen LogP contribution in [-0.4, -0.2) is 66.5 Å². The average Bonchev–Trinajstić information content (AvgIpc) is 3.61. The van der Waals surface area contributed by atoms with Crippen molar-refractivity contribution in [1.29, 1.82) is 0 Å². The van der Waals surface area contributed by atoms with Gasteiger partial charge in [-0.2, -0.15) is 5.10 Å². The van der Waals surface area contributed by atoms with Gasteiger partial charge in [0.15, 0.2) is 5.82 Å². The molecule has 0 spiro atoms. The van der Waals surface area contributed by atoms with E-state index in [1.807, 2.05) is 23.1 Å². The summed E-state index contributed by atoms with van der Waals surface area (Å²) in [6, 6.07) is 6.10. The van der Waals surface area contributed by atoms with E-state index >= 15 is 0 Å². The van der Waals surface area contributed by atoms with Crippen LogP contribution in [0.25, 0.3) is 22.3 Å². The van der Waals surface area contributed by atoms with Gasteiger partial charge in [0.25, 0.3) is 0 Å². The molecule has 1 saturated heterocycles. The molecule has 0 amide bonds. The Kier molecular flexibility index (Phi) is 6.31. The molecule has 3 aromatic heterocycles. The summed E-state index contributed by atoms with van der Waals surface area (Å²) < 4.78 is 29.5. The van der Waals surface area contributed by atoms with Crippen LogP contribution >= 0.6 is 0 Å². The summed E-state index contributed by atoms with van der Waals surface area (Å²) in [5.41, 5.74) is 3.47. The van der Waals surface area contributed by atoms with Crippen LogP contribution in [0.2, 0.25) is 0 Å². The molecule has 4 aromatic rings. The number of aliphatic hydroxyl groups is 1. The zero-order valence-corrected chi connectivity index (χ0v) is 21.6. The van der Waals surface area contributed by atoms with E-state index in [0.29, 0.717) is 56.3 Å². The highest BCUT2D eigenvalue weighted by molar-refractivity contribution is 5.83. The van der Waals surface area contributed by atoms with Crippen LogP contribution in [0.1, 0.15) is 44.0 Å². The normalized spacial score (nSPS) is 16.9. The number of fused-ring (bicyclic) bond motifs is 1. The highest BCUT2D eigenvalue weighted by Crippen LogP contribution is 2.37. The second-order valence-corrected chi connectivity index (χ2v) is 11.0. The molecule has 0 atom stereocenters. The lowest BCUT2D eigenvalue weighted by molar-refractivity contribution is 0.0800. The lowest BCUT2D eigenvalue weighted by atomic mass is 10.0. The summed E-state index contributed by atoms with van der Waals surface area (Å²) in [5, 5.41) is 14.8. The molecule has 0 unspecified atom stereocenters. The van der Waals surface area contributed by atoms with E-state index in [0.717, 1.165) is 47.2 Å². The van der Waals surface area contributed by atoms with E-state index in [-0.39, 0.29) is 0 Å². The SMILES string of the molecule is CC(C)(O)Cc1cc2nc(-c3cnn(C4CC4)c3)c(N3CCN(Cc4ccc(F)cc4F)CC3)nc2cn1. The Hall–Kier alpha value is -3.50. The first-order valence-electron chi connectivity index (χ1n) is 13.1. The molecule has 38 heavy (non-hydrogen) atoms. The fourth-order valence-electron chi connectivity index (χ4n) is 4.95. The fraction of sp³-hybridized carbons (Fsp3) is 0.429. The predicted molar refractivity (Wildman–Crippen MR) is 141 cm³/mol. The molecule has 8 nitrogen and oxygen atoms in total. The maximum atomic E-state index is 14.2. The van der Waals surface area contributed by atoms with E-state index < -0.39 is 17.2 Å². The summed E-state index contributed by atoms with van der Waals surface area (Å²) in [5.74, 6) is -0.304. The number of halogens is 2. The van der Waals surface area contributed by atoms with Crippen molar-refractivity contribution in [3.8, 4) is 11.3 Å². The predicted octanol–water partition coefficient (Wildman–Crippen LogP) is 4.14. The molecule has 1 N–H and O–H groups in total. The number of hydrogen-bond donors (Lipinski definition) is 1. The second kappa shape index (κ2) is 9.67. The summed E-state index contributed by atoms with van der Waals surface area (Å²) >= 11 is 0. The standard InChI is InChI=1S/C28H31F2N7O/c1-28(2,38)13-21-12-24-25(15-31-21)34-27(26(33-24)19-14-32-37(17-19)22-5-6-22)36-9-7-35(8-10-36)16-18-3-4-20(29)11-23(18)30/h3-4,11-12,14-15,17,22,38H,5-10,13,16H2,1-2H3. The first-order valence-corrected chi connectivity index (χ1v) is 13.1. The molecule has 1 aromatic carbocycles.